The highest BCUT2D eigenvalue weighted by Crippen LogP contribution is 2.35. The van der Waals surface area contributed by atoms with Crippen LogP contribution in [0.5, 0.6) is 0 Å². The van der Waals surface area contributed by atoms with E-state index in [2.05, 4.69) is 99.3 Å². The van der Waals surface area contributed by atoms with E-state index in [0.717, 1.165) is 12.8 Å². The van der Waals surface area contributed by atoms with E-state index in [-0.39, 0.29) is 0 Å². The lowest BCUT2D eigenvalue weighted by atomic mass is 10.0. The van der Waals surface area contributed by atoms with Crippen molar-refractivity contribution in [2.45, 2.75) is 66.2 Å². The molecule has 3 aromatic carbocycles. The second-order valence-corrected chi connectivity index (χ2v) is 8.14. The van der Waals surface area contributed by atoms with Crippen LogP contribution >= 0.6 is 0 Å². The van der Waals surface area contributed by atoms with Gasteiger partial charge in [-0.05, 0) is 98.2 Å². The van der Waals surface area contributed by atoms with E-state index >= 15 is 0 Å². The molecule has 1 nitrogen and oxygen atoms in total. The first-order chi connectivity index (χ1) is 14.1. The fraction of sp³-hybridized carbons (Fsp3) is 0.357. The molecule has 29 heavy (non-hydrogen) atoms. The Hall–Kier alpha value is -2.54. The van der Waals surface area contributed by atoms with E-state index in [1.807, 2.05) is 0 Å². The van der Waals surface area contributed by atoms with Crippen molar-refractivity contribution in [3.63, 3.8) is 0 Å². The standard InChI is InChI=1S/C28H35N/c1-5-7-9-24-12-17-26(18-13-24)29(28-16-11-22(3)23(4)21-28)27-19-14-25(15-20-27)10-8-6-2/h11-21H,5-10H2,1-4H3. The Bertz CT molecular complexity index is 839. The minimum absolute atomic E-state index is 1.16. The van der Waals surface area contributed by atoms with E-state index < -0.39 is 0 Å². The molecule has 0 fully saturated rings. The zero-order valence-corrected chi connectivity index (χ0v) is 18.5. The van der Waals surface area contributed by atoms with Crippen LogP contribution in [0.15, 0.2) is 66.7 Å². The van der Waals surface area contributed by atoms with Gasteiger partial charge in [0.15, 0.2) is 0 Å². The SMILES string of the molecule is CCCCc1ccc(N(c2ccc(CCCC)cc2)c2ccc(C)c(C)c2)cc1. The van der Waals surface area contributed by atoms with Gasteiger partial charge < -0.3 is 4.90 Å². The highest BCUT2D eigenvalue weighted by atomic mass is 15.1. The maximum atomic E-state index is 2.37. The summed E-state index contributed by atoms with van der Waals surface area (Å²) in [6.45, 7) is 8.87. The number of hydrogen-bond donors (Lipinski definition) is 0. The average molecular weight is 386 g/mol. The van der Waals surface area contributed by atoms with Gasteiger partial charge in [0.1, 0.15) is 0 Å². The summed E-state index contributed by atoms with van der Waals surface area (Å²) < 4.78 is 0. The van der Waals surface area contributed by atoms with Gasteiger partial charge in [0.2, 0.25) is 0 Å². The molecule has 0 unspecified atom stereocenters. The molecule has 0 heterocycles. The molecule has 0 radical (unpaired) electrons. The Morgan fingerprint density at radius 3 is 1.41 bits per heavy atom. The maximum absolute atomic E-state index is 2.37. The van der Waals surface area contributed by atoms with Crippen LogP contribution in [0, 0.1) is 13.8 Å². The van der Waals surface area contributed by atoms with Crippen molar-refractivity contribution in [3.8, 4) is 0 Å². The topological polar surface area (TPSA) is 3.24 Å². The monoisotopic (exact) mass is 385 g/mol. The predicted molar refractivity (Wildman–Crippen MR) is 128 cm³/mol. The van der Waals surface area contributed by atoms with Crippen molar-refractivity contribution in [2.75, 3.05) is 4.90 Å². The third kappa shape index (κ3) is 5.50. The lowest BCUT2D eigenvalue weighted by Crippen LogP contribution is -2.10. The summed E-state index contributed by atoms with van der Waals surface area (Å²) in [4.78, 5) is 2.37. The first-order valence-corrected chi connectivity index (χ1v) is 11.2. The first-order valence-electron chi connectivity index (χ1n) is 11.2. The van der Waals surface area contributed by atoms with Crippen LogP contribution in [0.1, 0.15) is 61.8 Å². The van der Waals surface area contributed by atoms with Crippen molar-refractivity contribution in [1.29, 1.82) is 0 Å². The Balaban J connectivity index is 1.96. The van der Waals surface area contributed by atoms with Crippen molar-refractivity contribution in [2.24, 2.45) is 0 Å². The highest BCUT2D eigenvalue weighted by Gasteiger charge is 2.13. The van der Waals surface area contributed by atoms with Gasteiger partial charge in [-0.3, -0.25) is 0 Å². The molecular formula is C28H35N. The first kappa shape index (κ1) is 21.2. The molecule has 0 bridgehead atoms. The molecule has 0 aliphatic rings. The molecule has 3 aromatic rings. The van der Waals surface area contributed by atoms with Gasteiger partial charge in [0, 0.05) is 17.1 Å². The summed E-state index contributed by atoms with van der Waals surface area (Å²) in [6, 6.07) is 25.0. The number of benzene rings is 3. The number of hydrogen-bond acceptors (Lipinski definition) is 1. The number of nitrogens with zero attached hydrogens (tertiary/aromatic N) is 1. The molecule has 1 heteroatoms. The van der Waals surface area contributed by atoms with Crippen LogP contribution in [0.4, 0.5) is 17.1 Å². The van der Waals surface area contributed by atoms with Crippen LogP contribution in [0.2, 0.25) is 0 Å². The fourth-order valence-electron chi connectivity index (χ4n) is 3.70. The van der Waals surface area contributed by atoms with E-state index in [1.54, 1.807) is 0 Å². The highest BCUT2D eigenvalue weighted by molar-refractivity contribution is 5.77. The molecule has 0 saturated heterocycles. The molecular weight excluding hydrogens is 350 g/mol. The third-order valence-electron chi connectivity index (χ3n) is 5.78. The Morgan fingerprint density at radius 1 is 0.552 bits per heavy atom. The number of unbranched alkanes of at least 4 members (excludes halogenated alkanes) is 2. The molecule has 0 amide bonds. The van der Waals surface area contributed by atoms with Crippen molar-refractivity contribution in [3.05, 3.63) is 89.0 Å². The average Bonchev–Trinajstić information content (AvgIpc) is 2.75. The second-order valence-electron chi connectivity index (χ2n) is 8.14. The minimum Gasteiger partial charge on any atom is -0.310 e. The van der Waals surface area contributed by atoms with Crippen LogP contribution < -0.4 is 4.90 Å². The molecule has 3 rings (SSSR count). The summed E-state index contributed by atoms with van der Waals surface area (Å²) in [6.07, 6.45) is 7.29. The van der Waals surface area contributed by atoms with E-state index in [0.29, 0.717) is 0 Å². The Labute approximate surface area is 177 Å². The molecule has 0 aromatic heterocycles. The lowest BCUT2D eigenvalue weighted by molar-refractivity contribution is 0.795. The van der Waals surface area contributed by atoms with Crippen LogP contribution in [-0.4, -0.2) is 0 Å². The summed E-state index contributed by atoms with van der Waals surface area (Å²) in [5.41, 5.74) is 9.15. The van der Waals surface area contributed by atoms with Gasteiger partial charge in [-0.15, -0.1) is 0 Å². The largest absolute Gasteiger partial charge is 0.310 e. The zero-order chi connectivity index (χ0) is 20.6. The van der Waals surface area contributed by atoms with Gasteiger partial charge >= 0.3 is 0 Å². The normalized spacial score (nSPS) is 10.9. The van der Waals surface area contributed by atoms with Crippen molar-refractivity contribution < 1.29 is 0 Å². The third-order valence-corrected chi connectivity index (χ3v) is 5.78. The maximum Gasteiger partial charge on any atom is 0.0464 e. The number of rotatable bonds is 9. The summed E-state index contributed by atoms with van der Waals surface area (Å²) in [7, 11) is 0. The zero-order valence-electron chi connectivity index (χ0n) is 18.5. The quantitative estimate of drug-likeness (QED) is 0.357. The van der Waals surface area contributed by atoms with Crippen molar-refractivity contribution >= 4 is 17.1 Å². The molecule has 0 aliphatic carbocycles. The van der Waals surface area contributed by atoms with Crippen LogP contribution in [0.25, 0.3) is 0 Å². The Kier molecular flexibility index (Phi) is 7.52. The summed E-state index contributed by atoms with van der Waals surface area (Å²) in [5.74, 6) is 0. The molecule has 0 aliphatic heterocycles. The van der Waals surface area contributed by atoms with Gasteiger partial charge in [-0.25, -0.2) is 0 Å². The molecule has 0 N–H and O–H groups in total. The van der Waals surface area contributed by atoms with E-state index in [4.69, 9.17) is 0 Å². The van der Waals surface area contributed by atoms with Gasteiger partial charge in [-0.2, -0.15) is 0 Å². The van der Waals surface area contributed by atoms with Gasteiger partial charge in [-0.1, -0.05) is 57.0 Å². The number of aryl methyl sites for hydroxylation is 4. The lowest BCUT2D eigenvalue weighted by Gasteiger charge is -2.26. The molecule has 0 atom stereocenters. The fourth-order valence-corrected chi connectivity index (χ4v) is 3.70. The number of anilines is 3. The summed E-state index contributed by atoms with van der Waals surface area (Å²) >= 11 is 0. The Morgan fingerprint density at radius 2 is 1.00 bits per heavy atom. The molecule has 0 spiro atoms. The predicted octanol–water partition coefficient (Wildman–Crippen LogP) is 8.46. The molecule has 0 saturated carbocycles. The summed E-state index contributed by atoms with van der Waals surface area (Å²) in [5, 5.41) is 0. The van der Waals surface area contributed by atoms with E-state index in [1.165, 1.54) is 65.0 Å². The second kappa shape index (κ2) is 10.3. The molecule has 152 valence electrons. The van der Waals surface area contributed by atoms with Crippen LogP contribution in [-0.2, 0) is 12.8 Å². The van der Waals surface area contributed by atoms with E-state index in [9.17, 15) is 0 Å². The van der Waals surface area contributed by atoms with Crippen LogP contribution in [0.3, 0.4) is 0 Å². The van der Waals surface area contributed by atoms with Gasteiger partial charge in [0.25, 0.3) is 0 Å². The smallest absolute Gasteiger partial charge is 0.0464 e. The van der Waals surface area contributed by atoms with Crippen molar-refractivity contribution in [1.82, 2.24) is 0 Å². The minimum atomic E-state index is 1.16. The van der Waals surface area contributed by atoms with Gasteiger partial charge in [0.05, 0.1) is 0 Å².